The lowest BCUT2D eigenvalue weighted by molar-refractivity contribution is 0.317. The zero-order valence-corrected chi connectivity index (χ0v) is 12.3. The molecule has 0 heterocycles. The van der Waals surface area contributed by atoms with E-state index in [1.165, 1.54) is 16.7 Å². The molecule has 0 saturated carbocycles. The van der Waals surface area contributed by atoms with E-state index in [1.54, 1.807) is 0 Å². The Morgan fingerprint density at radius 1 is 1.22 bits per heavy atom. The van der Waals surface area contributed by atoms with Crippen LogP contribution in [-0.4, -0.2) is 12.6 Å². The van der Waals surface area contributed by atoms with Crippen LogP contribution in [0, 0.1) is 13.8 Å². The van der Waals surface area contributed by atoms with Gasteiger partial charge in [-0.25, -0.2) is 0 Å². The summed E-state index contributed by atoms with van der Waals surface area (Å²) < 4.78 is 5.69. The number of benzene rings is 1. The van der Waals surface area contributed by atoms with Gasteiger partial charge in [0.05, 0.1) is 6.61 Å². The van der Waals surface area contributed by atoms with Crippen LogP contribution in [0.3, 0.4) is 0 Å². The van der Waals surface area contributed by atoms with Crippen LogP contribution in [0.4, 0.5) is 0 Å². The second kappa shape index (κ2) is 7.42. The third-order valence-corrected chi connectivity index (χ3v) is 3.23. The summed E-state index contributed by atoms with van der Waals surface area (Å²) in [5, 5.41) is 0. The van der Waals surface area contributed by atoms with Gasteiger partial charge in [-0.15, -0.1) is 0 Å². The minimum Gasteiger partial charge on any atom is -0.494 e. The summed E-state index contributed by atoms with van der Waals surface area (Å²) in [7, 11) is 0. The highest BCUT2D eigenvalue weighted by molar-refractivity contribution is 5.41. The second-order valence-electron chi connectivity index (χ2n) is 5.25. The highest BCUT2D eigenvalue weighted by atomic mass is 16.5. The summed E-state index contributed by atoms with van der Waals surface area (Å²) in [4.78, 5) is 0. The Hall–Kier alpha value is -1.02. The first-order valence-corrected chi connectivity index (χ1v) is 7.03. The van der Waals surface area contributed by atoms with Crippen LogP contribution >= 0.6 is 0 Å². The standard InChI is InChI=1S/C16H27NO/c1-5-9-18-15-10-12(2)16(13(3)11-15)8-6-7-14(4)17/h10-11,14H,5-9,17H2,1-4H3. The quantitative estimate of drug-likeness (QED) is 0.798. The minimum atomic E-state index is 0.303. The second-order valence-corrected chi connectivity index (χ2v) is 5.25. The fourth-order valence-electron chi connectivity index (χ4n) is 2.25. The van der Waals surface area contributed by atoms with Crippen molar-refractivity contribution in [2.24, 2.45) is 5.73 Å². The van der Waals surface area contributed by atoms with Crippen molar-refractivity contribution in [1.29, 1.82) is 0 Å². The average Bonchev–Trinajstić information content (AvgIpc) is 2.29. The third-order valence-electron chi connectivity index (χ3n) is 3.23. The van der Waals surface area contributed by atoms with Crippen molar-refractivity contribution in [2.75, 3.05) is 6.61 Å². The van der Waals surface area contributed by atoms with Crippen molar-refractivity contribution >= 4 is 0 Å². The first kappa shape index (κ1) is 15.0. The maximum atomic E-state index is 5.79. The molecule has 0 aliphatic heterocycles. The lowest BCUT2D eigenvalue weighted by atomic mass is 9.96. The molecule has 0 aliphatic rings. The number of ether oxygens (including phenoxy) is 1. The molecule has 0 amide bonds. The summed E-state index contributed by atoms with van der Waals surface area (Å²) in [6.07, 6.45) is 4.42. The Balaban J connectivity index is 2.68. The molecular weight excluding hydrogens is 222 g/mol. The number of nitrogens with two attached hydrogens (primary N) is 1. The van der Waals surface area contributed by atoms with Crippen LogP contribution in [0.2, 0.25) is 0 Å². The van der Waals surface area contributed by atoms with Gasteiger partial charge in [-0.1, -0.05) is 6.92 Å². The van der Waals surface area contributed by atoms with Gasteiger partial charge in [0, 0.05) is 6.04 Å². The van der Waals surface area contributed by atoms with Gasteiger partial charge < -0.3 is 10.5 Å². The molecule has 2 heteroatoms. The summed E-state index contributed by atoms with van der Waals surface area (Å²) in [6.45, 7) is 9.34. The topological polar surface area (TPSA) is 35.2 Å². The fourth-order valence-corrected chi connectivity index (χ4v) is 2.25. The molecule has 2 nitrogen and oxygen atoms in total. The monoisotopic (exact) mass is 249 g/mol. The van der Waals surface area contributed by atoms with Crippen LogP contribution < -0.4 is 10.5 Å². The summed E-state index contributed by atoms with van der Waals surface area (Å²) in [5.41, 5.74) is 9.93. The zero-order valence-electron chi connectivity index (χ0n) is 12.3. The van der Waals surface area contributed by atoms with Gasteiger partial charge in [-0.2, -0.15) is 0 Å². The van der Waals surface area contributed by atoms with Gasteiger partial charge in [0.1, 0.15) is 5.75 Å². The van der Waals surface area contributed by atoms with Gasteiger partial charge in [-0.05, 0) is 75.3 Å². The molecule has 1 rings (SSSR count). The van der Waals surface area contributed by atoms with E-state index in [-0.39, 0.29) is 0 Å². The molecule has 1 aromatic rings. The van der Waals surface area contributed by atoms with Gasteiger partial charge in [0.15, 0.2) is 0 Å². The average molecular weight is 249 g/mol. The highest BCUT2D eigenvalue weighted by Gasteiger charge is 2.06. The molecule has 1 unspecified atom stereocenters. The van der Waals surface area contributed by atoms with Gasteiger partial charge in [0.25, 0.3) is 0 Å². The maximum Gasteiger partial charge on any atom is 0.119 e. The first-order chi connectivity index (χ1) is 8.54. The number of rotatable bonds is 7. The molecule has 0 spiro atoms. The van der Waals surface area contributed by atoms with Crippen molar-refractivity contribution in [2.45, 2.75) is 59.4 Å². The molecule has 0 saturated heterocycles. The van der Waals surface area contributed by atoms with Crippen molar-refractivity contribution in [3.63, 3.8) is 0 Å². The van der Waals surface area contributed by atoms with E-state index in [0.717, 1.165) is 38.0 Å². The molecule has 0 bridgehead atoms. The number of hydrogen-bond donors (Lipinski definition) is 1. The van der Waals surface area contributed by atoms with Crippen molar-refractivity contribution < 1.29 is 4.74 Å². The normalized spacial score (nSPS) is 12.5. The molecule has 18 heavy (non-hydrogen) atoms. The molecule has 102 valence electrons. The van der Waals surface area contributed by atoms with Crippen LogP contribution in [0.25, 0.3) is 0 Å². The molecule has 1 atom stereocenters. The molecule has 0 aliphatic carbocycles. The smallest absolute Gasteiger partial charge is 0.119 e. The summed E-state index contributed by atoms with van der Waals surface area (Å²) >= 11 is 0. The SMILES string of the molecule is CCCOc1cc(C)c(CCCC(C)N)c(C)c1. The predicted molar refractivity (Wildman–Crippen MR) is 78.3 cm³/mol. The molecule has 0 fully saturated rings. The van der Waals surface area contributed by atoms with E-state index in [9.17, 15) is 0 Å². The van der Waals surface area contributed by atoms with E-state index in [2.05, 4.69) is 39.8 Å². The van der Waals surface area contributed by atoms with Gasteiger partial charge >= 0.3 is 0 Å². The largest absolute Gasteiger partial charge is 0.494 e. The van der Waals surface area contributed by atoms with Crippen molar-refractivity contribution in [3.8, 4) is 5.75 Å². The van der Waals surface area contributed by atoms with Gasteiger partial charge in [-0.3, -0.25) is 0 Å². The Labute approximate surface area is 112 Å². The lowest BCUT2D eigenvalue weighted by Gasteiger charge is -2.14. The first-order valence-electron chi connectivity index (χ1n) is 7.03. The van der Waals surface area contributed by atoms with E-state index in [4.69, 9.17) is 10.5 Å². The number of hydrogen-bond acceptors (Lipinski definition) is 2. The number of aryl methyl sites for hydroxylation is 2. The van der Waals surface area contributed by atoms with Crippen LogP contribution in [0.15, 0.2) is 12.1 Å². The predicted octanol–water partition coefficient (Wildman–Crippen LogP) is 3.76. The van der Waals surface area contributed by atoms with E-state index >= 15 is 0 Å². The van der Waals surface area contributed by atoms with Crippen LogP contribution in [0.1, 0.15) is 49.8 Å². The molecule has 1 aromatic carbocycles. The highest BCUT2D eigenvalue weighted by Crippen LogP contribution is 2.23. The van der Waals surface area contributed by atoms with Crippen molar-refractivity contribution in [3.05, 3.63) is 28.8 Å². The fraction of sp³-hybridized carbons (Fsp3) is 0.625. The molecule has 0 aromatic heterocycles. The van der Waals surface area contributed by atoms with Gasteiger partial charge in [0.2, 0.25) is 0 Å². The van der Waals surface area contributed by atoms with Crippen LogP contribution in [-0.2, 0) is 6.42 Å². The third kappa shape index (κ3) is 4.69. The minimum absolute atomic E-state index is 0.303. The maximum absolute atomic E-state index is 5.79. The molecule has 2 N–H and O–H groups in total. The Kier molecular flexibility index (Phi) is 6.20. The van der Waals surface area contributed by atoms with E-state index in [1.807, 2.05) is 0 Å². The molecular formula is C16H27NO. The van der Waals surface area contributed by atoms with E-state index in [0.29, 0.717) is 6.04 Å². The lowest BCUT2D eigenvalue weighted by Crippen LogP contribution is -2.14. The van der Waals surface area contributed by atoms with Crippen molar-refractivity contribution in [1.82, 2.24) is 0 Å². The molecule has 0 radical (unpaired) electrons. The summed E-state index contributed by atoms with van der Waals surface area (Å²) in [5.74, 6) is 1.00. The van der Waals surface area contributed by atoms with E-state index < -0.39 is 0 Å². The summed E-state index contributed by atoms with van der Waals surface area (Å²) in [6, 6.07) is 4.62. The zero-order chi connectivity index (χ0) is 13.5. The Bertz CT molecular complexity index is 348. The van der Waals surface area contributed by atoms with Crippen LogP contribution in [0.5, 0.6) is 5.75 Å². The Morgan fingerprint density at radius 2 is 1.83 bits per heavy atom. The Morgan fingerprint density at radius 3 is 2.33 bits per heavy atom.